The Morgan fingerprint density at radius 3 is 2.64 bits per heavy atom. The molecule has 4 fully saturated rings. The van der Waals surface area contributed by atoms with Crippen LogP contribution in [0.25, 0.3) is 0 Å². The molecular weight excluding hydrogens is 357 g/mol. The minimum Gasteiger partial charge on any atom is -0.326 e. The second kappa shape index (κ2) is 6.09. The van der Waals surface area contributed by atoms with Crippen molar-refractivity contribution in [2.24, 2.45) is 17.3 Å². The van der Waals surface area contributed by atoms with Crippen LogP contribution in [0.2, 0.25) is 0 Å². The van der Waals surface area contributed by atoms with E-state index in [-0.39, 0.29) is 22.7 Å². The van der Waals surface area contributed by atoms with Crippen LogP contribution in [0, 0.1) is 36.9 Å². The highest BCUT2D eigenvalue weighted by atomic mass is 19.1. The summed E-state index contributed by atoms with van der Waals surface area (Å²) in [7, 11) is 0. The molecule has 0 saturated heterocycles. The Kier molecular flexibility index (Phi) is 3.87. The van der Waals surface area contributed by atoms with E-state index in [1.54, 1.807) is 19.1 Å². The van der Waals surface area contributed by atoms with Gasteiger partial charge in [0.05, 0.1) is 5.54 Å². The van der Waals surface area contributed by atoms with Gasteiger partial charge in [-0.2, -0.15) is 4.80 Å². The van der Waals surface area contributed by atoms with Crippen LogP contribution < -0.4 is 5.32 Å². The number of aromatic nitrogens is 4. The van der Waals surface area contributed by atoms with Crippen molar-refractivity contribution < 1.29 is 9.18 Å². The number of carbonyl (C=O) groups is 1. The number of benzene rings is 1. The topological polar surface area (TPSA) is 72.7 Å². The number of hydrogen-bond acceptors (Lipinski definition) is 4. The third-order valence-electron chi connectivity index (χ3n) is 7.08. The normalized spacial score (nSPS) is 33.2. The Morgan fingerprint density at radius 1 is 1.25 bits per heavy atom. The fraction of sp³-hybridized carbons (Fsp3) is 0.619. The first-order chi connectivity index (χ1) is 13.3. The summed E-state index contributed by atoms with van der Waals surface area (Å²) in [6.07, 6.45) is 7.02. The summed E-state index contributed by atoms with van der Waals surface area (Å²) in [5.74, 6) is 1.63. The third-order valence-corrected chi connectivity index (χ3v) is 7.08. The molecule has 4 aliphatic rings. The van der Waals surface area contributed by atoms with Gasteiger partial charge >= 0.3 is 0 Å². The van der Waals surface area contributed by atoms with Crippen molar-refractivity contribution >= 4 is 11.6 Å². The van der Waals surface area contributed by atoms with Gasteiger partial charge in [0.25, 0.3) is 0 Å². The molecule has 6 rings (SSSR count). The van der Waals surface area contributed by atoms with Crippen molar-refractivity contribution in [1.29, 1.82) is 0 Å². The standard InChI is InChI=1S/C21H26FN5O/c1-13-3-4-17(6-18(13)22)23-19(28)11-20-7-15-5-16(8-20)10-21(9-15,12-20)27-25-14(2)24-26-27/h3-4,6,15-16H,5,7-12H2,1-2H3,(H,23,28)/t15-,16-,20?,21?/m0/s1. The molecule has 4 aliphatic carbocycles. The Hall–Kier alpha value is -2.31. The summed E-state index contributed by atoms with van der Waals surface area (Å²) in [5, 5.41) is 15.9. The second-order valence-electron chi connectivity index (χ2n) is 9.50. The number of halogens is 1. The number of hydrogen-bond donors (Lipinski definition) is 1. The largest absolute Gasteiger partial charge is 0.326 e. The minimum atomic E-state index is -0.292. The summed E-state index contributed by atoms with van der Waals surface area (Å²) in [6.45, 7) is 3.59. The maximum absolute atomic E-state index is 13.8. The number of carbonyl (C=O) groups excluding carboxylic acids is 1. The second-order valence-corrected chi connectivity index (χ2v) is 9.50. The van der Waals surface area contributed by atoms with Crippen molar-refractivity contribution in [3.8, 4) is 0 Å². The van der Waals surface area contributed by atoms with Crippen LogP contribution in [0.5, 0.6) is 0 Å². The lowest BCUT2D eigenvalue weighted by atomic mass is 9.46. The number of nitrogens with zero attached hydrogens (tertiary/aromatic N) is 4. The molecule has 4 bridgehead atoms. The smallest absolute Gasteiger partial charge is 0.224 e. The van der Waals surface area contributed by atoms with E-state index in [0.717, 1.165) is 32.1 Å². The van der Waals surface area contributed by atoms with Crippen molar-refractivity contribution in [2.75, 3.05) is 5.32 Å². The first kappa shape index (κ1) is 17.8. The van der Waals surface area contributed by atoms with Crippen LogP contribution in [0.1, 0.15) is 56.3 Å². The van der Waals surface area contributed by atoms with E-state index in [2.05, 4.69) is 20.7 Å². The zero-order chi connectivity index (χ0) is 19.5. The Morgan fingerprint density at radius 2 is 2.00 bits per heavy atom. The highest BCUT2D eigenvalue weighted by Crippen LogP contribution is 2.65. The highest BCUT2D eigenvalue weighted by Gasteiger charge is 2.59. The first-order valence-electron chi connectivity index (χ1n) is 10.2. The number of amides is 1. The van der Waals surface area contributed by atoms with Gasteiger partial charge < -0.3 is 5.32 Å². The van der Waals surface area contributed by atoms with Crippen molar-refractivity contribution in [1.82, 2.24) is 20.2 Å². The molecule has 1 heterocycles. The Labute approximate surface area is 163 Å². The van der Waals surface area contributed by atoms with Gasteiger partial charge in [-0.25, -0.2) is 4.39 Å². The van der Waals surface area contributed by atoms with Crippen LogP contribution >= 0.6 is 0 Å². The van der Waals surface area contributed by atoms with Gasteiger partial charge in [0.1, 0.15) is 5.82 Å². The van der Waals surface area contributed by atoms with Crippen LogP contribution in [-0.2, 0) is 10.3 Å². The monoisotopic (exact) mass is 383 g/mol. The molecule has 1 amide bonds. The number of nitrogens with one attached hydrogen (secondary N) is 1. The molecule has 148 valence electrons. The van der Waals surface area contributed by atoms with E-state index < -0.39 is 0 Å². The maximum atomic E-state index is 13.8. The van der Waals surface area contributed by atoms with Gasteiger partial charge in [-0.1, -0.05) is 6.07 Å². The van der Waals surface area contributed by atoms with Gasteiger partial charge in [0.2, 0.25) is 5.91 Å². The molecule has 0 unspecified atom stereocenters. The third kappa shape index (κ3) is 2.91. The quantitative estimate of drug-likeness (QED) is 0.873. The molecule has 4 saturated carbocycles. The summed E-state index contributed by atoms with van der Waals surface area (Å²) >= 11 is 0. The summed E-state index contributed by atoms with van der Waals surface area (Å²) in [6, 6.07) is 4.86. The lowest BCUT2D eigenvalue weighted by Gasteiger charge is -2.61. The number of anilines is 1. The lowest BCUT2D eigenvalue weighted by molar-refractivity contribution is -0.135. The number of aryl methyl sites for hydroxylation is 2. The van der Waals surface area contributed by atoms with Crippen LogP contribution in [-0.4, -0.2) is 26.1 Å². The maximum Gasteiger partial charge on any atom is 0.224 e. The molecule has 6 nitrogen and oxygen atoms in total. The van der Waals surface area contributed by atoms with Crippen LogP contribution in [0.3, 0.4) is 0 Å². The molecule has 2 aromatic rings. The van der Waals surface area contributed by atoms with Gasteiger partial charge in [0.15, 0.2) is 5.82 Å². The summed E-state index contributed by atoms with van der Waals surface area (Å²) < 4.78 is 13.8. The van der Waals surface area contributed by atoms with E-state index in [9.17, 15) is 9.18 Å². The first-order valence-corrected chi connectivity index (χ1v) is 10.2. The molecule has 0 radical (unpaired) electrons. The van der Waals surface area contributed by atoms with E-state index in [1.807, 2.05) is 11.7 Å². The van der Waals surface area contributed by atoms with E-state index >= 15 is 0 Å². The zero-order valence-electron chi connectivity index (χ0n) is 16.4. The molecule has 7 heteroatoms. The van der Waals surface area contributed by atoms with E-state index in [4.69, 9.17) is 0 Å². The van der Waals surface area contributed by atoms with Crippen molar-refractivity contribution in [3.05, 3.63) is 35.4 Å². The molecule has 28 heavy (non-hydrogen) atoms. The average Bonchev–Trinajstić information content (AvgIpc) is 3.04. The predicted molar refractivity (Wildman–Crippen MR) is 102 cm³/mol. The van der Waals surface area contributed by atoms with E-state index in [1.165, 1.54) is 12.5 Å². The van der Waals surface area contributed by atoms with Crippen LogP contribution in [0.15, 0.2) is 18.2 Å². The van der Waals surface area contributed by atoms with Crippen LogP contribution in [0.4, 0.5) is 10.1 Å². The SMILES string of the molecule is Cc1nnn(C23C[C@H]4C[C@@H](CC(CC(=O)Nc5ccc(C)c(F)c5)(C4)C2)C3)n1. The molecule has 2 atom stereocenters. The molecule has 0 spiro atoms. The Balaban J connectivity index is 1.37. The molecule has 0 aliphatic heterocycles. The molecule has 1 aromatic heterocycles. The summed E-state index contributed by atoms with van der Waals surface area (Å²) in [5.41, 5.74) is 0.998. The molecule has 1 aromatic carbocycles. The highest BCUT2D eigenvalue weighted by molar-refractivity contribution is 5.91. The predicted octanol–water partition coefficient (Wildman–Crippen LogP) is 3.75. The number of tetrazole rings is 1. The van der Waals surface area contributed by atoms with Crippen molar-refractivity contribution in [3.63, 3.8) is 0 Å². The van der Waals surface area contributed by atoms with E-state index in [0.29, 0.717) is 35.3 Å². The zero-order valence-corrected chi connectivity index (χ0v) is 16.4. The summed E-state index contributed by atoms with van der Waals surface area (Å²) in [4.78, 5) is 14.7. The van der Waals surface area contributed by atoms with Gasteiger partial charge in [-0.05, 0) is 92.5 Å². The molecule has 1 N–H and O–H groups in total. The fourth-order valence-electron chi connectivity index (χ4n) is 6.54. The average molecular weight is 383 g/mol. The fourth-order valence-corrected chi connectivity index (χ4v) is 6.54. The van der Waals surface area contributed by atoms with Gasteiger partial charge in [-0.15, -0.1) is 10.2 Å². The molecular formula is C21H26FN5O. The minimum absolute atomic E-state index is 0.0149. The van der Waals surface area contributed by atoms with Gasteiger partial charge in [-0.3, -0.25) is 4.79 Å². The van der Waals surface area contributed by atoms with Gasteiger partial charge in [0, 0.05) is 12.1 Å². The lowest BCUT2D eigenvalue weighted by Crippen LogP contribution is -2.57. The number of rotatable bonds is 4. The van der Waals surface area contributed by atoms with Crippen molar-refractivity contribution in [2.45, 2.75) is 64.3 Å². The Bertz CT molecular complexity index is 925.